The highest BCUT2D eigenvalue weighted by Gasteiger charge is 2.13. The van der Waals surface area contributed by atoms with Crippen LogP contribution in [0, 0.1) is 5.92 Å². The Balaban J connectivity index is 2.20. The molecule has 0 amide bonds. The molecule has 2 aromatic rings. The van der Waals surface area contributed by atoms with Crippen LogP contribution in [0.5, 0.6) is 0 Å². The first kappa shape index (κ1) is 13.9. The summed E-state index contributed by atoms with van der Waals surface area (Å²) in [6, 6.07) is 6.21. The zero-order valence-electron chi connectivity index (χ0n) is 11.6. The summed E-state index contributed by atoms with van der Waals surface area (Å²) in [7, 11) is 0. The molecule has 0 spiro atoms. The van der Waals surface area contributed by atoms with Crippen molar-refractivity contribution in [1.29, 1.82) is 0 Å². The minimum Gasteiger partial charge on any atom is -0.271 e. The first-order valence-corrected chi connectivity index (χ1v) is 6.88. The normalized spacial score (nSPS) is 13.1. The third-order valence-electron chi connectivity index (χ3n) is 3.38. The minimum absolute atomic E-state index is 0.138. The average Bonchev–Trinajstić information content (AvgIpc) is 2.43. The molecule has 0 bridgehead atoms. The van der Waals surface area contributed by atoms with Gasteiger partial charge in [-0.25, -0.2) is 0 Å². The van der Waals surface area contributed by atoms with E-state index in [2.05, 4.69) is 35.3 Å². The van der Waals surface area contributed by atoms with E-state index in [0.717, 1.165) is 35.4 Å². The second-order valence-electron chi connectivity index (χ2n) is 5.32. The van der Waals surface area contributed by atoms with Crippen LogP contribution in [-0.4, -0.2) is 9.97 Å². The van der Waals surface area contributed by atoms with Crippen molar-refractivity contribution in [3.05, 3.63) is 36.2 Å². The fourth-order valence-electron chi connectivity index (χ4n) is 2.36. The summed E-state index contributed by atoms with van der Waals surface area (Å²) in [5.74, 6) is 6.44. The van der Waals surface area contributed by atoms with Crippen molar-refractivity contribution in [2.75, 3.05) is 0 Å². The zero-order chi connectivity index (χ0) is 13.7. The van der Waals surface area contributed by atoms with Gasteiger partial charge < -0.3 is 0 Å². The number of fused-ring (bicyclic) bond motifs is 1. The molecule has 4 heteroatoms. The van der Waals surface area contributed by atoms with Gasteiger partial charge in [0.2, 0.25) is 0 Å². The van der Waals surface area contributed by atoms with Crippen LogP contribution in [-0.2, 0) is 0 Å². The first-order chi connectivity index (χ1) is 9.22. The number of aromatic nitrogens is 2. The van der Waals surface area contributed by atoms with E-state index in [1.165, 1.54) is 6.42 Å². The maximum Gasteiger partial charge on any atom is 0.0935 e. The van der Waals surface area contributed by atoms with Crippen LogP contribution in [0.15, 0.2) is 30.6 Å². The summed E-state index contributed by atoms with van der Waals surface area (Å²) in [5.41, 5.74) is 5.92. The van der Waals surface area contributed by atoms with E-state index in [-0.39, 0.29) is 6.04 Å². The molecule has 0 aliphatic heterocycles. The van der Waals surface area contributed by atoms with E-state index in [4.69, 9.17) is 5.84 Å². The molecular formula is C15H22N4. The second-order valence-corrected chi connectivity index (χ2v) is 5.32. The summed E-state index contributed by atoms with van der Waals surface area (Å²) >= 11 is 0. The largest absolute Gasteiger partial charge is 0.271 e. The molecule has 0 aliphatic rings. The van der Waals surface area contributed by atoms with Gasteiger partial charge in [-0.2, -0.15) is 0 Å². The Bertz CT molecular complexity index is 519. The third-order valence-corrected chi connectivity index (χ3v) is 3.38. The zero-order valence-corrected chi connectivity index (χ0v) is 11.6. The smallest absolute Gasteiger partial charge is 0.0935 e. The number of nitrogens with two attached hydrogens (primary N) is 1. The van der Waals surface area contributed by atoms with Crippen molar-refractivity contribution in [2.45, 2.75) is 39.2 Å². The molecule has 1 aromatic heterocycles. The number of nitrogens with one attached hydrogen (secondary N) is 1. The Morgan fingerprint density at radius 1 is 1.16 bits per heavy atom. The number of hydrogen-bond acceptors (Lipinski definition) is 4. The van der Waals surface area contributed by atoms with Gasteiger partial charge in [0.1, 0.15) is 0 Å². The lowest BCUT2D eigenvalue weighted by Gasteiger charge is -2.18. The predicted molar refractivity (Wildman–Crippen MR) is 78.3 cm³/mol. The molecule has 1 aromatic carbocycles. The highest BCUT2D eigenvalue weighted by Crippen LogP contribution is 2.25. The van der Waals surface area contributed by atoms with Crippen LogP contribution in [0.4, 0.5) is 0 Å². The molecule has 0 saturated heterocycles. The standard InChI is InChI=1S/C15H22N4/c1-11(2)5-3-7-13(19-16)12-6-4-8-14-15(12)18-10-9-17-14/h4,6,8-11,13,19H,3,5,7,16H2,1-2H3. The van der Waals surface area contributed by atoms with Crippen molar-refractivity contribution < 1.29 is 0 Å². The van der Waals surface area contributed by atoms with Crippen LogP contribution in [0.2, 0.25) is 0 Å². The van der Waals surface area contributed by atoms with Crippen LogP contribution in [0.25, 0.3) is 11.0 Å². The fourth-order valence-corrected chi connectivity index (χ4v) is 2.36. The molecule has 0 saturated carbocycles. The average molecular weight is 258 g/mol. The Morgan fingerprint density at radius 2 is 1.95 bits per heavy atom. The summed E-state index contributed by atoms with van der Waals surface area (Å²) in [6.07, 6.45) is 6.84. The minimum atomic E-state index is 0.138. The summed E-state index contributed by atoms with van der Waals surface area (Å²) in [6.45, 7) is 4.49. The first-order valence-electron chi connectivity index (χ1n) is 6.88. The number of para-hydroxylation sites is 1. The van der Waals surface area contributed by atoms with E-state index in [1.54, 1.807) is 12.4 Å². The third kappa shape index (κ3) is 3.49. The Kier molecular flexibility index (Phi) is 4.82. The number of nitrogens with zero attached hydrogens (tertiary/aromatic N) is 2. The fraction of sp³-hybridized carbons (Fsp3) is 0.467. The van der Waals surface area contributed by atoms with Gasteiger partial charge in [0, 0.05) is 18.4 Å². The van der Waals surface area contributed by atoms with Gasteiger partial charge in [0.05, 0.1) is 11.0 Å². The second kappa shape index (κ2) is 6.59. The van der Waals surface area contributed by atoms with Gasteiger partial charge in [0.25, 0.3) is 0 Å². The maximum atomic E-state index is 5.71. The molecule has 3 N–H and O–H groups in total. The van der Waals surface area contributed by atoms with E-state index in [1.807, 2.05) is 12.1 Å². The molecule has 0 radical (unpaired) electrons. The molecule has 1 unspecified atom stereocenters. The highest BCUT2D eigenvalue weighted by atomic mass is 15.2. The van der Waals surface area contributed by atoms with Gasteiger partial charge in [0.15, 0.2) is 0 Å². The molecule has 0 aliphatic carbocycles. The van der Waals surface area contributed by atoms with Gasteiger partial charge in [-0.05, 0) is 24.0 Å². The van der Waals surface area contributed by atoms with Crippen molar-refractivity contribution in [1.82, 2.24) is 15.4 Å². The van der Waals surface area contributed by atoms with Crippen LogP contribution < -0.4 is 11.3 Å². The van der Waals surface area contributed by atoms with Gasteiger partial charge in [-0.1, -0.05) is 38.8 Å². The van der Waals surface area contributed by atoms with E-state index in [9.17, 15) is 0 Å². The predicted octanol–water partition coefficient (Wildman–Crippen LogP) is 2.96. The Hall–Kier alpha value is -1.52. The van der Waals surface area contributed by atoms with Gasteiger partial charge in [-0.15, -0.1) is 0 Å². The van der Waals surface area contributed by atoms with Crippen molar-refractivity contribution >= 4 is 11.0 Å². The highest BCUT2D eigenvalue weighted by molar-refractivity contribution is 5.78. The molecular weight excluding hydrogens is 236 g/mol. The molecule has 19 heavy (non-hydrogen) atoms. The number of hydrogen-bond donors (Lipinski definition) is 2. The van der Waals surface area contributed by atoms with E-state index in [0.29, 0.717) is 0 Å². The summed E-state index contributed by atoms with van der Waals surface area (Å²) in [5, 5.41) is 0. The molecule has 1 atom stereocenters. The lowest BCUT2D eigenvalue weighted by atomic mass is 9.97. The summed E-state index contributed by atoms with van der Waals surface area (Å²) in [4.78, 5) is 8.77. The Labute approximate surface area is 114 Å². The van der Waals surface area contributed by atoms with Gasteiger partial charge in [-0.3, -0.25) is 21.2 Å². The molecule has 4 nitrogen and oxygen atoms in total. The number of hydrazine groups is 1. The lowest BCUT2D eigenvalue weighted by molar-refractivity contribution is 0.456. The molecule has 2 rings (SSSR count). The summed E-state index contributed by atoms with van der Waals surface area (Å²) < 4.78 is 0. The topological polar surface area (TPSA) is 63.8 Å². The lowest BCUT2D eigenvalue weighted by Crippen LogP contribution is -2.28. The van der Waals surface area contributed by atoms with Crippen molar-refractivity contribution in [2.24, 2.45) is 11.8 Å². The number of rotatable bonds is 6. The van der Waals surface area contributed by atoms with E-state index >= 15 is 0 Å². The SMILES string of the molecule is CC(C)CCCC(NN)c1cccc2nccnc12. The number of benzene rings is 1. The van der Waals surface area contributed by atoms with Gasteiger partial charge >= 0.3 is 0 Å². The van der Waals surface area contributed by atoms with Crippen molar-refractivity contribution in [3.8, 4) is 0 Å². The molecule has 102 valence electrons. The monoisotopic (exact) mass is 258 g/mol. The van der Waals surface area contributed by atoms with Crippen LogP contribution >= 0.6 is 0 Å². The Morgan fingerprint density at radius 3 is 2.68 bits per heavy atom. The van der Waals surface area contributed by atoms with Crippen LogP contribution in [0.1, 0.15) is 44.7 Å². The van der Waals surface area contributed by atoms with E-state index < -0.39 is 0 Å². The van der Waals surface area contributed by atoms with Crippen LogP contribution in [0.3, 0.4) is 0 Å². The molecule has 0 fully saturated rings. The quantitative estimate of drug-likeness (QED) is 0.617. The molecule has 1 heterocycles. The van der Waals surface area contributed by atoms with Crippen molar-refractivity contribution in [3.63, 3.8) is 0 Å². The maximum absolute atomic E-state index is 5.71.